The third-order valence-electron chi connectivity index (χ3n) is 4.68. The summed E-state index contributed by atoms with van der Waals surface area (Å²) in [6.07, 6.45) is 2.25. The number of primary amides is 1. The van der Waals surface area contributed by atoms with Gasteiger partial charge in [0, 0.05) is 30.5 Å². The van der Waals surface area contributed by atoms with Gasteiger partial charge in [0.1, 0.15) is 12.0 Å². The van der Waals surface area contributed by atoms with Crippen molar-refractivity contribution in [2.45, 2.75) is 18.6 Å². The molecule has 134 valence electrons. The molecule has 3 aromatic rings. The number of benzene rings is 1. The fourth-order valence-electron chi connectivity index (χ4n) is 3.55. The number of anilines is 2. The molecule has 2 aromatic heterocycles. The van der Waals surface area contributed by atoms with Gasteiger partial charge in [-0.3, -0.25) is 4.79 Å². The van der Waals surface area contributed by atoms with Crippen molar-refractivity contribution in [3.63, 3.8) is 0 Å². The number of rotatable bonds is 3. The van der Waals surface area contributed by atoms with Gasteiger partial charge in [-0.05, 0) is 35.9 Å². The fraction of sp³-hybridized carbons (Fsp3) is 0.222. The van der Waals surface area contributed by atoms with Crippen molar-refractivity contribution < 1.29 is 13.6 Å². The van der Waals surface area contributed by atoms with Gasteiger partial charge in [-0.2, -0.15) is 5.10 Å². The van der Waals surface area contributed by atoms with Crippen molar-refractivity contribution in [3.05, 3.63) is 59.7 Å². The van der Waals surface area contributed by atoms with Crippen LogP contribution in [0.4, 0.5) is 20.2 Å². The van der Waals surface area contributed by atoms with Gasteiger partial charge in [0.15, 0.2) is 0 Å². The first-order valence-corrected chi connectivity index (χ1v) is 8.16. The van der Waals surface area contributed by atoms with E-state index in [-0.39, 0.29) is 24.6 Å². The lowest BCUT2D eigenvalue weighted by Crippen LogP contribution is -2.24. The molecule has 6 nitrogen and oxygen atoms in total. The first-order valence-electron chi connectivity index (χ1n) is 8.16. The van der Waals surface area contributed by atoms with Crippen LogP contribution in [0.25, 0.3) is 5.52 Å². The molecule has 1 aliphatic rings. The van der Waals surface area contributed by atoms with Crippen LogP contribution >= 0.6 is 0 Å². The van der Waals surface area contributed by atoms with Crippen LogP contribution in [0.3, 0.4) is 0 Å². The second-order valence-corrected chi connectivity index (χ2v) is 6.46. The first-order chi connectivity index (χ1) is 12.4. The summed E-state index contributed by atoms with van der Waals surface area (Å²) in [6, 6.07) is 7.42. The Labute approximate surface area is 148 Å². The number of nitrogen functional groups attached to an aromatic ring is 1. The number of hydrogen-bond acceptors (Lipinski definition) is 4. The third-order valence-corrected chi connectivity index (χ3v) is 4.68. The van der Waals surface area contributed by atoms with Gasteiger partial charge >= 0.3 is 0 Å². The molecule has 0 spiro atoms. The summed E-state index contributed by atoms with van der Waals surface area (Å²) < 4.78 is 29.5. The molecule has 0 unspecified atom stereocenters. The maximum atomic E-state index is 14.2. The minimum atomic E-state index is -1.05. The Bertz CT molecular complexity index is 982. The number of fused-ring (bicyclic) bond motifs is 1. The predicted molar refractivity (Wildman–Crippen MR) is 94.1 cm³/mol. The molecule has 8 heteroatoms. The minimum absolute atomic E-state index is 0.164. The van der Waals surface area contributed by atoms with Crippen LogP contribution < -0.4 is 16.4 Å². The summed E-state index contributed by atoms with van der Waals surface area (Å²) in [7, 11) is 0. The Balaban J connectivity index is 1.78. The molecule has 0 radical (unpaired) electrons. The lowest BCUT2D eigenvalue weighted by molar-refractivity contribution is 0.100. The number of nitrogens with zero attached hydrogens (tertiary/aromatic N) is 3. The van der Waals surface area contributed by atoms with Crippen LogP contribution in [0.2, 0.25) is 0 Å². The summed E-state index contributed by atoms with van der Waals surface area (Å²) in [6.45, 7) is 0.164. The van der Waals surface area contributed by atoms with Crippen molar-refractivity contribution in [1.82, 2.24) is 9.61 Å². The monoisotopic (exact) mass is 357 g/mol. The van der Waals surface area contributed by atoms with Crippen LogP contribution in [-0.4, -0.2) is 28.2 Å². The molecule has 2 atom stereocenters. The number of alkyl halides is 1. The van der Waals surface area contributed by atoms with Crippen molar-refractivity contribution in [2.24, 2.45) is 5.73 Å². The smallest absolute Gasteiger partial charge is 0.252 e. The highest BCUT2D eigenvalue weighted by Gasteiger charge is 2.34. The highest BCUT2D eigenvalue weighted by atomic mass is 19.1. The van der Waals surface area contributed by atoms with Gasteiger partial charge in [0.2, 0.25) is 0 Å². The summed E-state index contributed by atoms with van der Waals surface area (Å²) >= 11 is 0. The maximum absolute atomic E-state index is 14.2. The van der Waals surface area contributed by atoms with Gasteiger partial charge in [0.05, 0.1) is 23.3 Å². The number of halogens is 2. The molecule has 4 N–H and O–H groups in total. The van der Waals surface area contributed by atoms with E-state index in [9.17, 15) is 13.6 Å². The van der Waals surface area contributed by atoms with Crippen molar-refractivity contribution in [1.29, 1.82) is 0 Å². The molecule has 1 aliphatic heterocycles. The molecule has 0 bridgehead atoms. The molecule has 1 amide bonds. The lowest BCUT2D eigenvalue weighted by Gasteiger charge is -2.27. The van der Waals surface area contributed by atoms with Crippen LogP contribution in [-0.2, 0) is 0 Å². The molecular formula is C18H17F2N5O. The number of aromatic nitrogens is 2. The Hall–Kier alpha value is -3.16. The van der Waals surface area contributed by atoms with Gasteiger partial charge in [-0.1, -0.05) is 0 Å². The van der Waals surface area contributed by atoms with Gasteiger partial charge in [-0.25, -0.2) is 13.3 Å². The molecule has 1 aromatic carbocycles. The second-order valence-electron chi connectivity index (χ2n) is 6.46. The van der Waals surface area contributed by atoms with Crippen molar-refractivity contribution in [3.8, 4) is 0 Å². The number of pyridine rings is 1. The van der Waals surface area contributed by atoms with E-state index in [2.05, 4.69) is 5.10 Å². The summed E-state index contributed by atoms with van der Waals surface area (Å²) in [5.41, 5.74) is 13.6. The summed E-state index contributed by atoms with van der Waals surface area (Å²) in [5, 5.41) is 4.08. The molecule has 1 fully saturated rings. The van der Waals surface area contributed by atoms with E-state index >= 15 is 0 Å². The average molecular weight is 357 g/mol. The predicted octanol–water partition coefficient (Wildman–Crippen LogP) is 2.44. The zero-order valence-electron chi connectivity index (χ0n) is 13.8. The quantitative estimate of drug-likeness (QED) is 0.705. The topological polar surface area (TPSA) is 89.7 Å². The molecule has 0 saturated carbocycles. The molecule has 1 saturated heterocycles. The fourth-order valence-corrected chi connectivity index (χ4v) is 3.55. The van der Waals surface area contributed by atoms with Crippen LogP contribution in [0.1, 0.15) is 28.4 Å². The SMILES string of the molecule is NC(=O)c1cnn2ccc(N3C[C@@H](F)C[C@@H]3c3cc(N)cc(F)c3)cc12. The van der Waals surface area contributed by atoms with E-state index in [1.807, 2.05) is 4.90 Å². The van der Waals surface area contributed by atoms with Gasteiger partial charge < -0.3 is 16.4 Å². The van der Waals surface area contributed by atoms with E-state index in [1.54, 1.807) is 24.4 Å². The number of carbonyl (C=O) groups is 1. The number of carbonyl (C=O) groups excluding carboxylic acids is 1. The highest BCUT2D eigenvalue weighted by molar-refractivity contribution is 5.99. The molecule has 3 heterocycles. The van der Waals surface area contributed by atoms with Crippen LogP contribution in [0, 0.1) is 5.82 Å². The third kappa shape index (κ3) is 2.73. The summed E-state index contributed by atoms with van der Waals surface area (Å²) in [4.78, 5) is 13.4. The Kier molecular flexibility index (Phi) is 3.75. The minimum Gasteiger partial charge on any atom is -0.399 e. The molecule has 26 heavy (non-hydrogen) atoms. The zero-order valence-corrected chi connectivity index (χ0v) is 13.8. The van der Waals surface area contributed by atoms with Crippen LogP contribution in [0.15, 0.2) is 42.7 Å². The zero-order chi connectivity index (χ0) is 18.4. The second kappa shape index (κ2) is 5.98. The Morgan fingerprint density at radius 1 is 1.27 bits per heavy atom. The van der Waals surface area contributed by atoms with Gasteiger partial charge in [0.25, 0.3) is 5.91 Å². The summed E-state index contributed by atoms with van der Waals surface area (Å²) in [5.74, 6) is -1.04. The van der Waals surface area contributed by atoms with E-state index in [0.717, 1.165) is 0 Å². The first kappa shape index (κ1) is 16.3. The van der Waals surface area contributed by atoms with Gasteiger partial charge in [-0.15, -0.1) is 0 Å². The lowest BCUT2D eigenvalue weighted by atomic mass is 10.0. The standard InChI is InChI=1S/C18H17F2N5O/c19-11-3-10(4-13(21)5-11)16-6-12(20)9-24(16)14-1-2-25-17(7-14)15(8-23-25)18(22)26/h1-5,7-8,12,16H,6,9,21H2,(H2,22,26)/t12-,16+/m0/s1. The van der Waals surface area contributed by atoms with Crippen LogP contribution in [0.5, 0.6) is 0 Å². The normalized spacial score (nSPS) is 20.0. The largest absolute Gasteiger partial charge is 0.399 e. The number of amides is 1. The average Bonchev–Trinajstić information content (AvgIpc) is 3.16. The number of nitrogens with two attached hydrogens (primary N) is 2. The van der Waals surface area contributed by atoms with Crippen molar-refractivity contribution in [2.75, 3.05) is 17.2 Å². The van der Waals surface area contributed by atoms with E-state index in [0.29, 0.717) is 22.5 Å². The molecule has 4 rings (SSSR count). The molecule has 0 aliphatic carbocycles. The maximum Gasteiger partial charge on any atom is 0.252 e. The highest BCUT2D eigenvalue weighted by Crippen LogP contribution is 2.38. The molecular weight excluding hydrogens is 340 g/mol. The Morgan fingerprint density at radius 3 is 2.81 bits per heavy atom. The number of hydrogen-bond donors (Lipinski definition) is 2. The Morgan fingerprint density at radius 2 is 2.08 bits per heavy atom. The van der Waals surface area contributed by atoms with E-state index in [1.165, 1.54) is 22.8 Å². The van der Waals surface area contributed by atoms with E-state index < -0.39 is 17.9 Å². The van der Waals surface area contributed by atoms with Crippen molar-refractivity contribution >= 4 is 22.8 Å². The van der Waals surface area contributed by atoms with E-state index in [4.69, 9.17) is 11.5 Å².